The first kappa shape index (κ1) is 17.3. The van der Waals surface area contributed by atoms with Crippen LogP contribution in [-0.2, 0) is 7.05 Å². The summed E-state index contributed by atoms with van der Waals surface area (Å²) in [7, 11) is 2.22. The lowest BCUT2D eigenvalue weighted by Crippen LogP contribution is -1.91. The molecule has 0 unspecified atom stereocenters. The Labute approximate surface area is 190 Å². The van der Waals surface area contributed by atoms with E-state index in [1.807, 2.05) is 0 Å². The number of aromatic nitrogens is 2. The molecule has 0 atom stereocenters. The number of rotatable bonds is 1. The predicted molar refractivity (Wildman–Crippen MR) is 141 cm³/mol. The smallest absolute Gasteiger partial charge is 0.0641 e. The van der Waals surface area contributed by atoms with Crippen molar-refractivity contribution in [1.29, 1.82) is 0 Å². The number of nitrogens with zero attached hydrogens (tertiary/aromatic N) is 2. The lowest BCUT2D eigenvalue weighted by atomic mass is 9.97. The quantitative estimate of drug-likeness (QED) is 0.253. The van der Waals surface area contributed by atoms with Crippen molar-refractivity contribution >= 4 is 59.9 Å². The summed E-state index contributed by atoms with van der Waals surface area (Å²) in [4.78, 5) is 0. The molecule has 154 valence electrons. The molecular formula is C31H20N2. The van der Waals surface area contributed by atoms with E-state index in [-0.39, 0.29) is 0 Å². The zero-order valence-electron chi connectivity index (χ0n) is 18.2. The Kier molecular flexibility index (Phi) is 3.11. The highest BCUT2D eigenvalue weighted by atomic mass is 15.0. The minimum atomic E-state index is 1.25. The van der Waals surface area contributed by atoms with Crippen LogP contribution in [0.1, 0.15) is 0 Å². The van der Waals surface area contributed by atoms with Gasteiger partial charge in [-0.1, -0.05) is 84.9 Å². The summed E-state index contributed by atoms with van der Waals surface area (Å²) in [5, 5.41) is 7.93. The number of hydrogen-bond acceptors (Lipinski definition) is 0. The van der Waals surface area contributed by atoms with Crippen LogP contribution in [0.2, 0.25) is 0 Å². The van der Waals surface area contributed by atoms with E-state index in [4.69, 9.17) is 0 Å². The SMILES string of the molecule is Cn1c2ccc3c4ccccc4n4c5ccccc5c5ccc(-c6ccccc6)c1c5c2c34. The molecule has 0 fully saturated rings. The van der Waals surface area contributed by atoms with Crippen LogP contribution in [0.15, 0.2) is 103 Å². The zero-order valence-corrected chi connectivity index (χ0v) is 18.2. The molecule has 8 aromatic rings. The minimum Gasteiger partial charge on any atom is -0.343 e. The van der Waals surface area contributed by atoms with Gasteiger partial charge in [0.2, 0.25) is 0 Å². The van der Waals surface area contributed by atoms with E-state index >= 15 is 0 Å². The molecule has 0 aliphatic carbocycles. The monoisotopic (exact) mass is 420 g/mol. The van der Waals surface area contributed by atoms with E-state index < -0.39 is 0 Å². The molecule has 8 rings (SSSR count). The van der Waals surface area contributed by atoms with Crippen molar-refractivity contribution in [3.8, 4) is 11.1 Å². The summed E-state index contributed by atoms with van der Waals surface area (Å²) in [6.07, 6.45) is 0. The molecule has 5 aromatic carbocycles. The second-order valence-electron chi connectivity index (χ2n) is 9.03. The van der Waals surface area contributed by atoms with Gasteiger partial charge in [-0.25, -0.2) is 0 Å². The summed E-state index contributed by atoms with van der Waals surface area (Å²) < 4.78 is 4.88. The Balaban J connectivity index is 1.80. The lowest BCUT2D eigenvalue weighted by molar-refractivity contribution is 1.02. The highest BCUT2D eigenvalue weighted by Gasteiger charge is 2.22. The molecule has 0 aliphatic heterocycles. The van der Waals surface area contributed by atoms with Gasteiger partial charge < -0.3 is 8.97 Å². The van der Waals surface area contributed by atoms with Crippen LogP contribution in [0.25, 0.3) is 71.0 Å². The Morgan fingerprint density at radius 1 is 0.455 bits per heavy atom. The normalized spacial score (nSPS) is 12.4. The summed E-state index contributed by atoms with van der Waals surface area (Å²) >= 11 is 0. The third-order valence-corrected chi connectivity index (χ3v) is 7.46. The molecule has 3 aromatic heterocycles. The molecule has 3 heterocycles. The van der Waals surface area contributed by atoms with Gasteiger partial charge in [0, 0.05) is 39.5 Å². The first-order valence-electron chi connectivity index (χ1n) is 11.5. The van der Waals surface area contributed by atoms with Crippen LogP contribution < -0.4 is 0 Å². The average molecular weight is 421 g/mol. The van der Waals surface area contributed by atoms with Crippen molar-refractivity contribution in [3.63, 3.8) is 0 Å². The molecule has 0 aliphatic rings. The number of aryl methyl sites for hydroxylation is 1. The van der Waals surface area contributed by atoms with E-state index in [1.165, 1.54) is 71.0 Å². The van der Waals surface area contributed by atoms with Gasteiger partial charge in [-0.3, -0.25) is 0 Å². The summed E-state index contributed by atoms with van der Waals surface area (Å²) in [6.45, 7) is 0. The molecule has 0 saturated heterocycles. The van der Waals surface area contributed by atoms with Crippen molar-refractivity contribution in [2.45, 2.75) is 0 Å². The molecular weight excluding hydrogens is 400 g/mol. The molecule has 2 heteroatoms. The predicted octanol–water partition coefficient (Wildman–Crippen LogP) is 8.15. The maximum Gasteiger partial charge on any atom is 0.0641 e. The zero-order chi connectivity index (χ0) is 21.7. The van der Waals surface area contributed by atoms with Crippen molar-refractivity contribution in [1.82, 2.24) is 8.97 Å². The topological polar surface area (TPSA) is 9.34 Å². The Bertz CT molecular complexity index is 2020. The van der Waals surface area contributed by atoms with E-state index in [0.29, 0.717) is 0 Å². The molecule has 0 amide bonds. The van der Waals surface area contributed by atoms with E-state index in [0.717, 1.165) is 0 Å². The van der Waals surface area contributed by atoms with Gasteiger partial charge >= 0.3 is 0 Å². The van der Waals surface area contributed by atoms with E-state index in [1.54, 1.807) is 0 Å². The van der Waals surface area contributed by atoms with Gasteiger partial charge in [-0.05, 0) is 29.1 Å². The Morgan fingerprint density at radius 2 is 1.09 bits per heavy atom. The van der Waals surface area contributed by atoms with Crippen LogP contribution in [0.4, 0.5) is 0 Å². The highest BCUT2D eigenvalue weighted by molar-refractivity contribution is 6.34. The fourth-order valence-corrected chi connectivity index (χ4v) is 6.11. The van der Waals surface area contributed by atoms with Crippen molar-refractivity contribution in [3.05, 3.63) is 103 Å². The lowest BCUT2D eigenvalue weighted by Gasteiger charge is -2.09. The Hall–Kier alpha value is -4.30. The standard InChI is InChI=1S/C31H20N2/c1-32-27-18-17-24-22-12-6-8-14-26(22)33-25-13-7-5-11-21(25)23-16-15-20(19-9-3-2-4-10-19)30(32)28(23)29(27)31(24)33/h2-18H,1H3. The largest absolute Gasteiger partial charge is 0.343 e. The third kappa shape index (κ3) is 2.00. The van der Waals surface area contributed by atoms with Gasteiger partial charge in [0.05, 0.1) is 27.6 Å². The summed E-state index contributed by atoms with van der Waals surface area (Å²) in [5.74, 6) is 0. The first-order valence-corrected chi connectivity index (χ1v) is 11.5. The molecule has 0 bridgehead atoms. The molecule has 0 N–H and O–H groups in total. The average Bonchev–Trinajstić information content (AvgIpc) is 3.32. The maximum atomic E-state index is 2.49. The number of fused-ring (bicyclic) bond motifs is 6. The third-order valence-electron chi connectivity index (χ3n) is 7.46. The van der Waals surface area contributed by atoms with Crippen molar-refractivity contribution < 1.29 is 0 Å². The first-order chi connectivity index (χ1) is 16.3. The fraction of sp³-hybridized carbons (Fsp3) is 0.0323. The second kappa shape index (κ2) is 5.93. The van der Waals surface area contributed by atoms with Crippen molar-refractivity contribution in [2.75, 3.05) is 0 Å². The van der Waals surface area contributed by atoms with Gasteiger partial charge in [0.1, 0.15) is 0 Å². The van der Waals surface area contributed by atoms with Gasteiger partial charge in [0.15, 0.2) is 0 Å². The molecule has 0 radical (unpaired) electrons. The maximum absolute atomic E-state index is 2.49. The summed E-state index contributed by atoms with van der Waals surface area (Å²) in [6, 6.07) is 37.7. The van der Waals surface area contributed by atoms with Gasteiger partial charge in [-0.2, -0.15) is 0 Å². The summed E-state index contributed by atoms with van der Waals surface area (Å²) in [5.41, 5.74) is 8.95. The second-order valence-corrected chi connectivity index (χ2v) is 9.03. The molecule has 0 spiro atoms. The number of para-hydroxylation sites is 2. The van der Waals surface area contributed by atoms with Crippen LogP contribution in [0.5, 0.6) is 0 Å². The molecule has 2 nitrogen and oxygen atoms in total. The van der Waals surface area contributed by atoms with Crippen LogP contribution in [-0.4, -0.2) is 8.97 Å². The van der Waals surface area contributed by atoms with Crippen LogP contribution in [0.3, 0.4) is 0 Å². The van der Waals surface area contributed by atoms with Gasteiger partial charge in [-0.15, -0.1) is 0 Å². The highest BCUT2D eigenvalue weighted by Crippen LogP contribution is 2.46. The van der Waals surface area contributed by atoms with Gasteiger partial charge in [0.25, 0.3) is 0 Å². The van der Waals surface area contributed by atoms with Crippen molar-refractivity contribution in [2.24, 2.45) is 7.05 Å². The molecule has 33 heavy (non-hydrogen) atoms. The van der Waals surface area contributed by atoms with E-state index in [2.05, 4.69) is 119 Å². The number of hydrogen-bond donors (Lipinski definition) is 0. The van der Waals surface area contributed by atoms with E-state index in [9.17, 15) is 0 Å². The number of benzene rings is 5. The minimum absolute atomic E-state index is 1.25. The van der Waals surface area contributed by atoms with Crippen LogP contribution >= 0.6 is 0 Å². The Morgan fingerprint density at radius 3 is 1.85 bits per heavy atom. The van der Waals surface area contributed by atoms with Crippen LogP contribution in [0, 0.1) is 0 Å². The molecule has 0 saturated carbocycles. The fourth-order valence-electron chi connectivity index (χ4n) is 6.11.